The molecule has 4 atom stereocenters. The highest BCUT2D eigenvalue weighted by Gasteiger charge is 2.36. The largest absolute Gasteiger partial charge is 0.389 e. The molecule has 41 heavy (non-hydrogen) atoms. The van der Waals surface area contributed by atoms with E-state index in [0.717, 1.165) is 13.1 Å². The van der Waals surface area contributed by atoms with Crippen molar-refractivity contribution in [3.05, 3.63) is 29.2 Å². The summed E-state index contributed by atoms with van der Waals surface area (Å²) in [5.74, 6) is 0.922. The van der Waals surface area contributed by atoms with E-state index in [-0.39, 0.29) is 24.3 Å². The Hall–Kier alpha value is -2.57. The molecule has 2 saturated heterocycles. The van der Waals surface area contributed by atoms with E-state index in [2.05, 4.69) is 58.2 Å². The molecule has 4 heterocycles. The number of likely N-dealkylation sites (tertiary alicyclic amines) is 1. The van der Waals surface area contributed by atoms with Crippen molar-refractivity contribution >= 4 is 34.5 Å². The first-order valence-electron chi connectivity index (χ1n) is 14.3. The van der Waals surface area contributed by atoms with Crippen LogP contribution in [0.5, 0.6) is 0 Å². The Morgan fingerprint density at radius 2 is 2.05 bits per heavy atom. The van der Waals surface area contributed by atoms with Gasteiger partial charge in [0, 0.05) is 43.3 Å². The van der Waals surface area contributed by atoms with Gasteiger partial charge < -0.3 is 29.8 Å². The van der Waals surface area contributed by atoms with Gasteiger partial charge in [-0.1, -0.05) is 11.6 Å². The predicted octanol–water partition coefficient (Wildman–Crippen LogP) is 4.93. The third kappa shape index (κ3) is 6.59. The maximum Gasteiger partial charge on any atom is 0.223 e. The van der Waals surface area contributed by atoms with E-state index in [1.165, 1.54) is 12.3 Å². The standard InChI is InChI=1S/C29H41ClFN7O3/c1-16(2)38-23-10-18(25-20(30)12-32-27(35-25)34-22-7-8-40-14-24(22)39)9-21(31)26(23)36-28(38)33-11-19-13-37(17(19)3)15-41-29(4,5)6/h9-10,12,16-17,19,22,24,39H,7-8,11,13-15H2,1-6H3,(H,33,36)(H,32,34,35)/t17-,19?,22-,24-/m1/s1. The zero-order valence-electron chi connectivity index (χ0n) is 24.6. The summed E-state index contributed by atoms with van der Waals surface area (Å²) in [7, 11) is 0. The average molecular weight is 590 g/mol. The van der Waals surface area contributed by atoms with Gasteiger partial charge in [0.15, 0.2) is 5.82 Å². The third-order valence-corrected chi connectivity index (χ3v) is 8.11. The van der Waals surface area contributed by atoms with Gasteiger partial charge in [0.2, 0.25) is 11.9 Å². The molecule has 5 rings (SSSR count). The van der Waals surface area contributed by atoms with Crippen LogP contribution in [0, 0.1) is 11.7 Å². The van der Waals surface area contributed by atoms with Crippen molar-refractivity contribution in [1.29, 1.82) is 0 Å². The number of aromatic nitrogens is 4. The second-order valence-corrected chi connectivity index (χ2v) is 12.7. The summed E-state index contributed by atoms with van der Waals surface area (Å²) >= 11 is 6.50. The molecule has 3 N–H and O–H groups in total. The fourth-order valence-corrected chi connectivity index (χ4v) is 5.52. The lowest BCUT2D eigenvalue weighted by Crippen LogP contribution is -2.58. The fourth-order valence-electron chi connectivity index (χ4n) is 5.32. The van der Waals surface area contributed by atoms with Gasteiger partial charge in [0.25, 0.3) is 0 Å². The molecule has 0 radical (unpaired) electrons. The minimum Gasteiger partial charge on any atom is -0.389 e. The number of imidazole rings is 1. The number of rotatable bonds is 9. The molecular weight excluding hydrogens is 549 g/mol. The summed E-state index contributed by atoms with van der Waals surface area (Å²) in [5.41, 5.74) is 1.70. The van der Waals surface area contributed by atoms with E-state index in [9.17, 15) is 5.11 Å². The first-order chi connectivity index (χ1) is 19.4. The minimum absolute atomic E-state index is 0.0285. The van der Waals surface area contributed by atoms with Gasteiger partial charge in [0.05, 0.1) is 53.5 Å². The Labute approximate surface area is 245 Å². The first kappa shape index (κ1) is 29.9. The Balaban J connectivity index is 1.36. The highest BCUT2D eigenvalue weighted by molar-refractivity contribution is 6.33. The molecule has 0 spiro atoms. The number of benzene rings is 1. The molecule has 2 aliphatic heterocycles. The molecule has 2 aromatic heterocycles. The molecule has 3 aromatic rings. The number of nitrogens with one attached hydrogen (secondary N) is 2. The van der Waals surface area contributed by atoms with Crippen LogP contribution < -0.4 is 10.6 Å². The summed E-state index contributed by atoms with van der Waals surface area (Å²) < 4.78 is 28.8. The van der Waals surface area contributed by atoms with Gasteiger partial charge in [-0.3, -0.25) is 4.90 Å². The minimum atomic E-state index is -0.672. The first-order valence-corrected chi connectivity index (χ1v) is 14.7. The van der Waals surface area contributed by atoms with Crippen LogP contribution in [0.2, 0.25) is 5.02 Å². The number of halogens is 2. The van der Waals surface area contributed by atoms with E-state index in [1.807, 2.05) is 24.5 Å². The molecule has 0 bridgehead atoms. The van der Waals surface area contributed by atoms with E-state index in [0.29, 0.717) is 70.9 Å². The summed E-state index contributed by atoms with van der Waals surface area (Å²) in [4.78, 5) is 15.8. The van der Waals surface area contributed by atoms with E-state index in [4.69, 9.17) is 21.1 Å². The number of hydrogen-bond donors (Lipinski definition) is 3. The Bertz CT molecular complexity index is 1380. The van der Waals surface area contributed by atoms with Crippen LogP contribution in [0.3, 0.4) is 0 Å². The lowest BCUT2D eigenvalue weighted by atomic mass is 9.90. The quantitative estimate of drug-likeness (QED) is 0.320. The Kier molecular flexibility index (Phi) is 8.73. The van der Waals surface area contributed by atoms with Crippen molar-refractivity contribution in [3.8, 4) is 11.3 Å². The maximum absolute atomic E-state index is 15.5. The van der Waals surface area contributed by atoms with Crippen LogP contribution in [0.15, 0.2) is 18.3 Å². The number of anilines is 2. The fraction of sp³-hybridized carbons (Fsp3) is 0.621. The number of hydrogen-bond acceptors (Lipinski definition) is 9. The van der Waals surface area contributed by atoms with Gasteiger partial charge in [-0.05, 0) is 60.1 Å². The molecule has 12 heteroatoms. The molecule has 0 amide bonds. The van der Waals surface area contributed by atoms with Crippen LogP contribution in [0.4, 0.5) is 16.3 Å². The monoisotopic (exact) mass is 589 g/mol. The molecule has 1 aromatic carbocycles. The maximum atomic E-state index is 15.5. The normalized spacial score (nSPS) is 23.7. The van der Waals surface area contributed by atoms with E-state index < -0.39 is 11.9 Å². The number of nitrogens with zero attached hydrogens (tertiary/aromatic N) is 5. The van der Waals surface area contributed by atoms with Gasteiger partial charge >= 0.3 is 0 Å². The van der Waals surface area contributed by atoms with Crippen molar-refractivity contribution in [2.75, 3.05) is 43.7 Å². The van der Waals surface area contributed by atoms with Crippen molar-refractivity contribution in [3.63, 3.8) is 0 Å². The van der Waals surface area contributed by atoms with Crippen molar-refractivity contribution in [2.45, 2.75) is 77.8 Å². The van der Waals surface area contributed by atoms with Crippen LogP contribution in [-0.2, 0) is 9.47 Å². The van der Waals surface area contributed by atoms with Crippen LogP contribution in [0.25, 0.3) is 22.3 Å². The Morgan fingerprint density at radius 1 is 1.27 bits per heavy atom. The summed E-state index contributed by atoms with van der Waals surface area (Å²) in [6, 6.07) is 3.43. The molecule has 0 aliphatic carbocycles. The van der Waals surface area contributed by atoms with Gasteiger partial charge in [-0.15, -0.1) is 0 Å². The topological polar surface area (TPSA) is 110 Å². The Morgan fingerprint density at radius 3 is 2.73 bits per heavy atom. The zero-order valence-corrected chi connectivity index (χ0v) is 25.4. The number of ether oxygens (including phenoxy) is 2. The molecule has 224 valence electrons. The molecule has 2 aliphatic rings. The van der Waals surface area contributed by atoms with E-state index >= 15 is 4.39 Å². The van der Waals surface area contributed by atoms with Crippen molar-refractivity contribution in [2.24, 2.45) is 5.92 Å². The molecule has 2 fully saturated rings. The summed E-state index contributed by atoms with van der Waals surface area (Å²) in [6.45, 7) is 15.5. The second kappa shape index (κ2) is 12.0. The summed E-state index contributed by atoms with van der Waals surface area (Å²) in [5, 5.41) is 17.2. The van der Waals surface area contributed by atoms with Gasteiger partial charge in [0.1, 0.15) is 5.52 Å². The number of aliphatic hydroxyl groups is 1. The van der Waals surface area contributed by atoms with E-state index in [1.54, 1.807) is 0 Å². The third-order valence-electron chi connectivity index (χ3n) is 7.84. The highest BCUT2D eigenvalue weighted by Crippen LogP contribution is 2.34. The predicted molar refractivity (Wildman–Crippen MR) is 159 cm³/mol. The van der Waals surface area contributed by atoms with Crippen molar-refractivity contribution < 1.29 is 19.0 Å². The summed E-state index contributed by atoms with van der Waals surface area (Å²) in [6.07, 6.45) is 1.44. The van der Waals surface area contributed by atoms with Gasteiger partial charge in [-0.25, -0.2) is 19.3 Å². The van der Waals surface area contributed by atoms with Crippen LogP contribution in [-0.4, -0.2) is 86.3 Å². The molecule has 0 saturated carbocycles. The van der Waals surface area contributed by atoms with Gasteiger partial charge in [-0.2, -0.15) is 0 Å². The lowest BCUT2D eigenvalue weighted by molar-refractivity contribution is -0.117. The van der Waals surface area contributed by atoms with Crippen molar-refractivity contribution in [1.82, 2.24) is 24.4 Å². The molecule has 1 unspecified atom stereocenters. The smallest absolute Gasteiger partial charge is 0.223 e. The SMILES string of the molecule is CC(C)n1c(NCC2CN(COC(C)(C)C)[C@@H]2C)nc2c(F)cc(-c3nc(N[C@@H]4CCOC[C@H]4O)ncc3Cl)cc21. The second-order valence-electron chi connectivity index (χ2n) is 12.3. The number of fused-ring (bicyclic) bond motifs is 1. The molecular formula is C29H41ClFN7O3. The lowest BCUT2D eigenvalue weighted by Gasteiger charge is -2.47. The number of aliphatic hydroxyl groups excluding tert-OH is 1. The molecule has 10 nitrogen and oxygen atoms in total. The highest BCUT2D eigenvalue weighted by atomic mass is 35.5. The van der Waals surface area contributed by atoms with Crippen LogP contribution >= 0.6 is 11.6 Å². The average Bonchev–Trinajstić information content (AvgIpc) is 3.28. The van der Waals surface area contributed by atoms with Crippen LogP contribution in [0.1, 0.15) is 54.0 Å². The zero-order chi connectivity index (χ0) is 29.5.